The lowest BCUT2D eigenvalue weighted by Crippen LogP contribution is -2.49. The molecule has 0 radical (unpaired) electrons. The third kappa shape index (κ3) is 5.11. The van der Waals surface area contributed by atoms with Crippen LogP contribution in [0.4, 0.5) is 30.6 Å². The van der Waals surface area contributed by atoms with Crippen LogP contribution in [0.25, 0.3) is 0 Å². The van der Waals surface area contributed by atoms with Crippen molar-refractivity contribution < 1.29 is 21.6 Å². The fraction of sp³-hybridized carbons (Fsp3) is 0.227. The van der Waals surface area contributed by atoms with Gasteiger partial charge in [-0.1, -0.05) is 18.2 Å². The standard InChI is InChI=1S/C22H19F3N6O2S/c23-22(24,25)19-14-20(27-17-8-6-16(15-26)7-9-17)29-21(28-19)30-10-12-31(13-11-30)34(32,33)18-4-2-1-3-5-18/h1-9,14H,10-13H2,(H,27,28,29). The molecule has 4 rings (SSSR count). The highest BCUT2D eigenvalue weighted by atomic mass is 32.2. The fourth-order valence-electron chi connectivity index (χ4n) is 3.43. The Kier molecular flexibility index (Phi) is 6.41. The molecule has 1 saturated heterocycles. The van der Waals surface area contributed by atoms with Gasteiger partial charge in [-0.3, -0.25) is 0 Å². The van der Waals surface area contributed by atoms with Gasteiger partial charge in [-0.25, -0.2) is 13.4 Å². The summed E-state index contributed by atoms with van der Waals surface area (Å²) >= 11 is 0. The number of alkyl halides is 3. The van der Waals surface area contributed by atoms with Crippen molar-refractivity contribution in [2.75, 3.05) is 36.4 Å². The fourth-order valence-corrected chi connectivity index (χ4v) is 4.87. The number of hydrogen-bond acceptors (Lipinski definition) is 7. The summed E-state index contributed by atoms with van der Waals surface area (Å²) in [6.45, 7) is 0.414. The number of hydrogen-bond donors (Lipinski definition) is 1. The molecule has 0 amide bonds. The zero-order valence-corrected chi connectivity index (χ0v) is 18.5. The third-order valence-electron chi connectivity index (χ3n) is 5.19. The highest BCUT2D eigenvalue weighted by molar-refractivity contribution is 7.89. The van der Waals surface area contributed by atoms with E-state index >= 15 is 0 Å². The lowest BCUT2D eigenvalue weighted by atomic mass is 10.2. The van der Waals surface area contributed by atoms with Gasteiger partial charge in [0.1, 0.15) is 5.82 Å². The number of rotatable bonds is 5. The molecule has 0 saturated carbocycles. The van der Waals surface area contributed by atoms with Crippen molar-refractivity contribution >= 4 is 27.5 Å². The highest BCUT2D eigenvalue weighted by Gasteiger charge is 2.35. The monoisotopic (exact) mass is 488 g/mol. The Balaban J connectivity index is 1.55. The number of sulfonamides is 1. The van der Waals surface area contributed by atoms with Crippen LogP contribution < -0.4 is 10.2 Å². The second-order valence-corrected chi connectivity index (χ2v) is 9.39. The van der Waals surface area contributed by atoms with Crippen molar-refractivity contribution in [1.82, 2.24) is 14.3 Å². The van der Waals surface area contributed by atoms with Crippen molar-refractivity contribution in [1.29, 1.82) is 5.26 Å². The van der Waals surface area contributed by atoms with Gasteiger partial charge in [0.25, 0.3) is 0 Å². The Morgan fingerprint density at radius 2 is 1.59 bits per heavy atom. The van der Waals surface area contributed by atoms with Gasteiger partial charge < -0.3 is 10.2 Å². The summed E-state index contributed by atoms with van der Waals surface area (Å²) < 4.78 is 67.4. The number of aromatic nitrogens is 2. The molecule has 176 valence electrons. The highest BCUT2D eigenvalue weighted by Crippen LogP contribution is 2.31. The molecule has 2 heterocycles. The lowest BCUT2D eigenvalue weighted by Gasteiger charge is -2.34. The smallest absolute Gasteiger partial charge is 0.340 e. The second kappa shape index (κ2) is 9.28. The van der Waals surface area contributed by atoms with E-state index in [1.165, 1.54) is 33.5 Å². The minimum Gasteiger partial charge on any atom is -0.340 e. The SMILES string of the molecule is N#Cc1ccc(Nc2cc(C(F)(F)F)nc(N3CCN(S(=O)(=O)c4ccccc4)CC3)n2)cc1. The van der Waals surface area contributed by atoms with E-state index in [9.17, 15) is 21.6 Å². The first-order valence-electron chi connectivity index (χ1n) is 10.2. The number of halogens is 3. The molecule has 0 unspecified atom stereocenters. The molecule has 0 bridgehead atoms. The van der Waals surface area contributed by atoms with E-state index < -0.39 is 21.9 Å². The summed E-state index contributed by atoms with van der Waals surface area (Å²) in [5.41, 5.74) is -0.253. The molecule has 0 atom stereocenters. The van der Waals surface area contributed by atoms with E-state index in [4.69, 9.17) is 5.26 Å². The molecule has 0 spiro atoms. The summed E-state index contributed by atoms with van der Waals surface area (Å²) in [5.74, 6) is -0.218. The minimum atomic E-state index is -4.70. The third-order valence-corrected chi connectivity index (χ3v) is 7.11. The van der Waals surface area contributed by atoms with Gasteiger partial charge >= 0.3 is 6.18 Å². The first-order chi connectivity index (χ1) is 16.2. The lowest BCUT2D eigenvalue weighted by molar-refractivity contribution is -0.141. The molecule has 8 nitrogen and oxygen atoms in total. The van der Waals surface area contributed by atoms with Gasteiger partial charge in [0.05, 0.1) is 16.5 Å². The van der Waals surface area contributed by atoms with Gasteiger partial charge in [0, 0.05) is 37.9 Å². The van der Waals surface area contributed by atoms with E-state index in [0.29, 0.717) is 11.3 Å². The maximum absolute atomic E-state index is 13.5. The molecular formula is C22H19F3N6O2S. The zero-order chi connectivity index (χ0) is 24.3. The van der Waals surface area contributed by atoms with Crippen molar-refractivity contribution in [2.24, 2.45) is 0 Å². The average molecular weight is 488 g/mol. The molecule has 1 fully saturated rings. The van der Waals surface area contributed by atoms with Crippen molar-refractivity contribution in [3.63, 3.8) is 0 Å². The van der Waals surface area contributed by atoms with E-state index in [1.54, 1.807) is 30.3 Å². The second-order valence-electron chi connectivity index (χ2n) is 7.45. The van der Waals surface area contributed by atoms with Crippen LogP contribution in [0.1, 0.15) is 11.3 Å². The maximum Gasteiger partial charge on any atom is 0.433 e. The van der Waals surface area contributed by atoms with Gasteiger partial charge in [-0.2, -0.15) is 27.7 Å². The molecule has 12 heteroatoms. The largest absolute Gasteiger partial charge is 0.433 e. The molecule has 1 N–H and O–H groups in total. The summed E-state index contributed by atoms with van der Waals surface area (Å²) in [5, 5.41) is 11.7. The Morgan fingerprint density at radius 1 is 0.941 bits per heavy atom. The number of nitriles is 1. The summed E-state index contributed by atoms with van der Waals surface area (Å²) in [6.07, 6.45) is -4.70. The number of benzene rings is 2. The normalized spacial score (nSPS) is 15.1. The first-order valence-corrected chi connectivity index (χ1v) is 11.6. The van der Waals surface area contributed by atoms with E-state index in [-0.39, 0.29) is 42.8 Å². The Labute approximate surface area is 194 Å². The summed E-state index contributed by atoms with van der Waals surface area (Å²) in [6, 6.07) is 16.9. The molecule has 0 aliphatic carbocycles. The maximum atomic E-state index is 13.5. The van der Waals surface area contributed by atoms with Crippen LogP contribution >= 0.6 is 0 Å². The van der Waals surface area contributed by atoms with Crippen molar-refractivity contribution in [3.8, 4) is 6.07 Å². The topological polar surface area (TPSA) is 102 Å². The van der Waals surface area contributed by atoms with Crippen LogP contribution in [0.5, 0.6) is 0 Å². The van der Waals surface area contributed by atoms with E-state index in [1.807, 2.05) is 6.07 Å². The quantitative estimate of drug-likeness (QED) is 0.585. The molecular weight excluding hydrogens is 469 g/mol. The molecule has 34 heavy (non-hydrogen) atoms. The predicted octanol–water partition coefficient (Wildman–Crippen LogP) is 3.62. The molecule has 1 aromatic heterocycles. The number of nitrogens with zero attached hydrogens (tertiary/aromatic N) is 5. The first kappa shape index (κ1) is 23.5. The molecule has 2 aromatic carbocycles. The number of anilines is 3. The van der Waals surface area contributed by atoms with Crippen LogP contribution in [0.15, 0.2) is 65.6 Å². The zero-order valence-electron chi connectivity index (χ0n) is 17.7. The average Bonchev–Trinajstić information content (AvgIpc) is 2.84. The molecule has 1 aliphatic heterocycles. The predicted molar refractivity (Wildman–Crippen MR) is 119 cm³/mol. The van der Waals surface area contributed by atoms with Gasteiger partial charge in [-0.05, 0) is 36.4 Å². The van der Waals surface area contributed by atoms with Gasteiger partial charge in [0.2, 0.25) is 16.0 Å². The van der Waals surface area contributed by atoms with Crippen LogP contribution in [0.2, 0.25) is 0 Å². The van der Waals surface area contributed by atoms with Crippen molar-refractivity contribution in [3.05, 3.63) is 71.9 Å². The Bertz CT molecular complexity index is 1300. The van der Waals surface area contributed by atoms with Crippen LogP contribution in [0.3, 0.4) is 0 Å². The van der Waals surface area contributed by atoms with Gasteiger partial charge in [0.15, 0.2) is 5.69 Å². The Hall–Kier alpha value is -3.69. The van der Waals surface area contributed by atoms with Gasteiger partial charge in [-0.15, -0.1) is 0 Å². The van der Waals surface area contributed by atoms with Crippen LogP contribution in [-0.4, -0.2) is 48.9 Å². The number of piperazine rings is 1. The van der Waals surface area contributed by atoms with Crippen LogP contribution in [-0.2, 0) is 16.2 Å². The summed E-state index contributed by atoms with van der Waals surface area (Å²) in [4.78, 5) is 9.59. The minimum absolute atomic E-state index is 0.0682. The Morgan fingerprint density at radius 3 is 2.18 bits per heavy atom. The molecule has 1 aliphatic rings. The van der Waals surface area contributed by atoms with Crippen LogP contribution in [0, 0.1) is 11.3 Å². The van der Waals surface area contributed by atoms with Crippen molar-refractivity contribution in [2.45, 2.75) is 11.1 Å². The van der Waals surface area contributed by atoms with E-state index in [2.05, 4.69) is 15.3 Å². The summed E-state index contributed by atoms with van der Waals surface area (Å²) in [7, 11) is -3.70. The van der Waals surface area contributed by atoms with E-state index in [0.717, 1.165) is 6.07 Å². The molecule has 3 aromatic rings. The number of nitrogens with one attached hydrogen (secondary N) is 1.